The van der Waals surface area contributed by atoms with E-state index in [0.29, 0.717) is 24.1 Å². The smallest absolute Gasteiger partial charge is 0.251 e. The van der Waals surface area contributed by atoms with E-state index in [1.165, 1.54) is 6.07 Å². The van der Waals surface area contributed by atoms with Crippen LogP contribution < -0.4 is 5.32 Å². The van der Waals surface area contributed by atoms with E-state index in [2.05, 4.69) is 5.32 Å². The van der Waals surface area contributed by atoms with Gasteiger partial charge in [0, 0.05) is 30.8 Å². The Labute approximate surface area is 124 Å². The van der Waals surface area contributed by atoms with Crippen molar-refractivity contribution in [3.05, 3.63) is 35.1 Å². The number of β-amino-alcohol motifs (C(OH)–C–C–N with tert-alkyl or cyclic N) is 1. The Morgan fingerprint density at radius 1 is 1.52 bits per heavy atom. The van der Waals surface area contributed by atoms with Gasteiger partial charge < -0.3 is 15.3 Å². The second-order valence-electron chi connectivity index (χ2n) is 6.37. The van der Waals surface area contributed by atoms with Gasteiger partial charge in [0.1, 0.15) is 5.82 Å². The molecule has 1 saturated carbocycles. The van der Waals surface area contributed by atoms with Crippen LogP contribution in [0, 0.1) is 5.82 Å². The van der Waals surface area contributed by atoms with Gasteiger partial charge in [-0.1, -0.05) is 6.07 Å². The van der Waals surface area contributed by atoms with E-state index in [9.17, 15) is 14.3 Å². The zero-order chi connectivity index (χ0) is 15.0. The predicted molar refractivity (Wildman–Crippen MR) is 77.8 cm³/mol. The number of aliphatic hydroxyl groups is 1. The number of likely N-dealkylation sites (N-methyl/N-ethyl adjacent to an activating group) is 1. The first-order valence-corrected chi connectivity index (χ1v) is 7.46. The number of halogens is 1. The molecule has 2 aliphatic rings. The maximum absolute atomic E-state index is 13.9. The summed E-state index contributed by atoms with van der Waals surface area (Å²) in [7, 11) is 1.94. The second kappa shape index (κ2) is 5.39. The molecule has 114 valence electrons. The Morgan fingerprint density at radius 3 is 2.90 bits per heavy atom. The molecular weight excluding hydrogens is 271 g/mol. The maximum Gasteiger partial charge on any atom is 0.251 e. The fourth-order valence-electron chi connectivity index (χ4n) is 3.07. The topological polar surface area (TPSA) is 52.6 Å². The highest BCUT2D eigenvalue weighted by Crippen LogP contribution is 2.42. The lowest BCUT2D eigenvalue weighted by molar-refractivity contribution is 0.0485. The molecule has 0 spiro atoms. The largest absolute Gasteiger partial charge is 0.387 e. The van der Waals surface area contributed by atoms with Gasteiger partial charge in [-0.3, -0.25) is 4.79 Å². The molecule has 0 aromatic heterocycles. The number of hydrogen-bond donors (Lipinski definition) is 2. The third kappa shape index (κ3) is 3.09. The number of likely N-dealkylation sites (tertiary alicyclic amines) is 1. The van der Waals surface area contributed by atoms with Crippen LogP contribution in [0.15, 0.2) is 18.2 Å². The molecule has 1 atom stereocenters. The molecule has 5 heteroatoms. The molecular formula is C16H21FN2O2. The molecule has 1 aromatic rings. The van der Waals surface area contributed by atoms with Crippen molar-refractivity contribution in [3.8, 4) is 0 Å². The van der Waals surface area contributed by atoms with Gasteiger partial charge >= 0.3 is 0 Å². The van der Waals surface area contributed by atoms with E-state index in [0.717, 1.165) is 19.4 Å². The summed E-state index contributed by atoms with van der Waals surface area (Å²) < 4.78 is 13.9. The summed E-state index contributed by atoms with van der Waals surface area (Å²) in [6.45, 7) is 1.57. The Balaban J connectivity index is 1.70. The van der Waals surface area contributed by atoms with Crippen molar-refractivity contribution in [2.45, 2.75) is 30.8 Å². The molecule has 1 aliphatic carbocycles. The minimum atomic E-state index is -0.878. The van der Waals surface area contributed by atoms with Gasteiger partial charge in [0.15, 0.2) is 0 Å². The zero-order valence-electron chi connectivity index (χ0n) is 12.2. The number of nitrogens with zero attached hydrogens (tertiary/aromatic N) is 1. The summed E-state index contributed by atoms with van der Waals surface area (Å²) in [6, 6.07) is 4.63. The molecule has 0 radical (unpaired) electrons. The third-order valence-electron chi connectivity index (χ3n) is 4.38. The van der Waals surface area contributed by atoms with E-state index in [1.54, 1.807) is 12.1 Å². The molecule has 1 saturated heterocycles. The summed E-state index contributed by atoms with van der Waals surface area (Å²) in [5.74, 6) is -0.420. The second-order valence-corrected chi connectivity index (χ2v) is 6.37. The molecule has 4 nitrogen and oxygen atoms in total. The number of rotatable bonds is 4. The van der Waals surface area contributed by atoms with E-state index in [4.69, 9.17) is 0 Å². The predicted octanol–water partition coefficient (Wildman–Crippen LogP) is 1.50. The van der Waals surface area contributed by atoms with Crippen LogP contribution in [-0.2, 0) is 0 Å². The molecule has 2 N–H and O–H groups in total. The number of carbonyl (C=O) groups is 1. The monoisotopic (exact) mass is 292 g/mol. The molecule has 0 bridgehead atoms. The molecule has 3 rings (SSSR count). The average molecular weight is 292 g/mol. The normalized spacial score (nSPS) is 26.0. The average Bonchev–Trinajstić information content (AvgIpc) is 3.22. The van der Waals surface area contributed by atoms with E-state index >= 15 is 0 Å². The van der Waals surface area contributed by atoms with Crippen molar-refractivity contribution in [1.29, 1.82) is 0 Å². The summed E-state index contributed by atoms with van der Waals surface area (Å²) in [5, 5.41) is 13.1. The Morgan fingerprint density at radius 2 is 2.29 bits per heavy atom. The number of carbonyl (C=O) groups excluding carboxylic acids is 1. The number of hydrogen-bond acceptors (Lipinski definition) is 3. The number of nitrogens with one attached hydrogen (secondary N) is 1. The summed E-state index contributed by atoms with van der Waals surface area (Å²) in [5.41, 5.74) is 0.0651. The Kier molecular flexibility index (Phi) is 3.71. The third-order valence-corrected chi connectivity index (χ3v) is 4.38. The van der Waals surface area contributed by atoms with Gasteiger partial charge in [0.2, 0.25) is 0 Å². The highest BCUT2D eigenvalue weighted by atomic mass is 19.1. The lowest BCUT2D eigenvalue weighted by atomic mass is 10.0. The molecule has 1 heterocycles. The van der Waals surface area contributed by atoms with Crippen LogP contribution in [0.3, 0.4) is 0 Å². The van der Waals surface area contributed by atoms with Crippen LogP contribution in [0.5, 0.6) is 0 Å². The zero-order valence-corrected chi connectivity index (χ0v) is 12.2. The standard InChI is InChI=1S/C16H21FN2O2/c1-19-8-7-16(21,10-19)9-18-15(20)12-3-2-4-13(17)14(12)11-5-6-11/h2-4,11,21H,5-10H2,1H3,(H,18,20). The fourth-order valence-corrected chi connectivity index (χ4v) is 3.07. The first kappa shape index (κ1) is 14.5. The van der Waals surface area contributed by atoms with Gasteiger partial charge in [0.25, 0.3) is 5.91 Å². The first-order valence-electron chi connectivity index (χ1n) is 7.46. The lowest BCUT2D eigenvalue weighted by Crippen LogP contribution is -2.44. The lowest BCUT2D eigenvalue weighted by Gasteiger charge is -2.23. The van der Waals surface area contributed by atoms with Crippen molar-refractivity contribution in [3.63, 3.8) is 0 Å². The molecule has 1 unspecified atom stereocenters. The van der Waals surface area contributed by atoms with Crippen LogP contribution in [0.4, 0.5) is 4.39 Å². The number of benzene rings is 1. The highest BCUT2D eigenvalue weighted by molar-refractivity contribution is 5.96. The van der Waals surface area contributed by atoms with Gasteiger partial charge in [-0.25, -0.2) is 4.39 Å². The summed E-state index contributed by atoms with van der Waals surface area (Å²) in [4.78, 5) is 14.4. The quantitative estimate of drug-likeness (QED) is 0.884. The van der Waals surface area contributed by atoms with E-state index in [1.807, 2.05) is 11.9 Å². The summed E-state index contributed by atoms with van der Waals surface area (Å²) in [6.07, 6.45) is 2.52. The number of amides is 1. The van der Waals surface area contributed by atoms with Crippen molar-refractivity contribution < 1.29 is 14.3 Å². The maximum atomic E-state index is 13.9. The van der Waals surface area contributed by atoms with Gasteiger partial charge in [0.05, 0.1) is 5.60 Å². The van der Waals surface area contributed by atoms with Crippen molar-refractivity contribution in [2.75, 3.05) is 26.7 Å². The molecule has 2 fully saturated rings. The molecule has 21 heavy (non-hydrogen) atoms. The van der Waals surface area contributed by atoms with Crippen LogP contribution >= 0.6 is 0 Å². The van der Waals surface area contributed by atoms with Crippen molar-refractivity contribution in [2.24, 2.45) is 0 Å². The Hall–Kier alpha value is -1.46. The van der Waals surface area contributed by atoms with Crippen molar-refractivity contribution >= 4 is 5.91 Å². The fraction of sp³-hybridized carbons (Fsp3) is 0.562. The van der Waals surface area contributed by atoms with Gasteiger partial charge in [-0.05, 0) is 44.4 Å². The van der Waals surface area contributed by atoms with E-state index in [-0.39, 0.29) is 24.2 Å². The SMILES string of the molecule is CN1CCC(O)(CNC(=O)c2cccc(F)c2C2CC2)C1. The van der Waals surface area contributed by atoms with Crippen LogP contribution in [0.1, 0.15) is 41.1 Å². The minimum Gasteiger partial charge on any atom is -0.387 e. The van der Waals surface area contributed by atoms with Crippen LogP contribution in [0.25, 0.3) is 0 Å². The van der Waals surface area contributed by atoms with Gasteiger partial charge in [-0.2, -0.15) is 0 Å². The Bertz CT molecular complexity index is 559. The molecule has 1 aliphatic heterocycles. The van der Waals surface area contributed by atoms with Crippen molar-refractivity contribution in [1.82, 2.24) is 10.2 Å². The molecule has 1 amide bonds. The minimum absolute atomic E-state index is 0.174. The van der Waals surface area contributed by atoms with E-state index < -0.39 is 5.60 Å². The van der Waals surface area contributed by atoms with Crippen LogP contribution in [-0.4, -0.2) is 48.2 Å². The van der Waals surface area contributed by atoms with Crippen LogP contribution in [0.2, 0.25) is 0 Å². The van der Waals surface area contributed by atoms with Gasteiger partial charge in [-0.15, -0.1) is 0 Å². The highest BCUT2D eigenvalue weighted by Gasteiger charge is 2.35. The summed E-state index contributed by atoms with van der Waals surface area (Å²) >= 11 is 0. The molecule has 1 aromatic carbocycles. The first-order chi connectivity index (χ1) is 9.98.